The maximum Gasteiger partial charge on any atom is 0.414 e. The number of anilines is 2. The highest BCUT2D eigenvalue weighted by molar-refractivity contribution is 7.80. The van der Waals surface area contributed by atoms with Gasteiger partial charge in [-0.15, -0.1) is 0 Å². The van der Waals surface area contributed by atoms with E-state index in [1.165, 1.54) is 30.1 Å². The minimum Gasteiger partial charge on any atom is -0.474 e. The Morgan fingerprint density at radius 3 is 2.86 bits per heavy atom. The van der Waals surface area contributed by atoms with Crippen molar-refractivity contribution in [1.82, 2.24) is 10.2 Å². The fraction of sp³-hybridized carbons (Fsp3) is 0.471. The van der Waals surface area contributed by atoms with Crippen molar-refractivity contribution in [3.63, 3.8) is 0 Å². The Balaban J connectivity index is 1.66. The molecule has 152 valence electrons. The third kappa shape index (κ3) is 4.25. The van der Waals surface area contributed by atoms with Crippen LogP contribution in [-0.4, -0.2) is 75.4 Å². The highest BCUT2D eigenvalue weighted by Gasteiger charge is 2.34. The highest BCUT2D eigenvalue weighted by atomic mass is 32.1. The quantitative estimate of drug-likeness (QED) is 0.690. The molecule has 2 aliphatic heterocycles. The minimum absolute atomic E-state index is 0.0680. The van der Waals surface area contributed by atoms with E-state index < -0.39 is 18.0 Å². The van der Waals surface area contributed by atoms with Gasteiger partial charge >= 0.3 is 6.09 Å². The van der Waals surface area contributed by atoms with Crippen LogP contribution in [0.5, 0.6) is 0 Å². The van der Waals surface area contributed by atoms with Crippen LogP contribution in [0.25, 0.3) is 0 Å². The Morgan fingerprint density at radius 2 is 2.18 bits per heavy atom. The van der Waals surface area contributed by atoms with Gasteiger partial charge in [0, 0.05) is 7.11 Å². The van der Waals surface area contributed by atoms with Gasteiger partial charge in [0.25, 0.3) is 5.17 Å². The Kier molecular flexibility index (Phi) is 6.15. The highest BCUT2D eigenvalue weighted by Crippen LogP contribution is 2.29. The summed E-state index contributed by atoms with van der Waals surface area (Å²) in [5.74, 6) is -0.669. The number of cyclic esters (lactones) is 1. The number of hydrogen-bond donors (Lipinski definition) is 1. The van der Waals surface area contributed by atoms with E-state index >= 15 is 0 Å². The summed E-state index contributed by atoms with van der Waals surface area (Å²) in [6, 6.07) is 4.43. The molecule has 0 saturated carbocycles. The normalized spacial score (nSPS) is 19.2. The first-order valence-corrected chi connectivity index (χ1v) is 8.95. The molecule has 1 aromatic carbocycles. The summed E-state index contributed by atoms with van der Waals surface area (Å²) in [4.78, 5) is 28.5. The maximum atomic E-state index is 14.7. The Bertz CT molecular complexity index is 780. The van der Waals surface area contributed by atoms with Crippen LogP contribution in [0.1, 0.15) is 0 Å². The number of hydrogen-bond acceptors (Lipinski definition) is 7. The average molecular weight is 412 g/mol. The van der Waals surface area contributed by atoms with Crippen molar-refractivity contribution in [2.45, 2.75) is 6.10 Å². The van der Waals surface area contributed by atoms with Crippen molar-refractivity contribution in [1.29, 1.82) is 0 Å². The van der Waals surface area contributed by atoms with Crippen molar-refractivity contribution >= 4 is 40.8 Å². The van der Waals surface area contributed by atoms with Gasteiger partial charge in [-0.25, -0.2) is 9.18 Å². The van der Waals surface area contributed by atoms with Crippen molar-refractivity contribution in [2.75, 3.05) is 57.1 Å². The van der Waals surface area contributed by atoms with E-state index in [1.54, 1.807) is 17.0 Å². The van der Waals surface area contributed by atoms with Crippen LogP contribution in [-0.2, 0) is 19.0 Å². The molecular formula is C17H21FN4O5S. The SMILES string of the molecule is COCN1CN(c2ccc(N3C[C@H](CNC(=S)OC)OC3=O)cc2F)CC1=O. The summed E-state index contributed by atoms with van der Waals surface area (Å²) >= 11 is 4.88. The molecule has 0 spiro atoms. The number of methoxy groups -OCH3 is 2. The fourth-order valence-electron chi connectivity index (χ4n) is 3.06. The van der Waals surface area contributed by atoms with Gasteiger partial charge in [-0.1, -0.05) is 0 Å². The first-order chi connectivity index (χ1) is 13.4. The molecule has 2 amide bonds. The summed E-state index contributed by atoms with van der Waals surface area (Å²) in [6.45, 7) is 0.998. The summed E-state index contributed by atoms with van der Waals surface area (Å²) in [7, 11) is 2.93. The smallest absolute Gasteiger partial charge is 0.414 e. The molecule has 1 aromatic rings. The number of benzene rings is 1. The second-order valence-electron chi connectivity index (χ2n) is 6.32. The molecule has 0 aliphatic carbocycles. The monoisotopic (exact) mass is 412 g/mol. The number of halogens is 1. The van der Waals surface area contributed by atoms with E-state index in [2.05, 4.69) is 5.32 Å². The number of carbonyl (C=O) groups is 2. The molecule has 9 nitrogen and oxygen atoms in total. The van der Waals surface area contributed by atoms with Crippen molar-refractivity contribution in [2.24, 2.45) is 0 Å². The van der Waals surface area contributed by atoms with Crippen molar-refractivity contribution in [3.05, 3.63) is 24.0 Å². The van der Waals surface area contributed by atoms with Gasteiger partial charge in [-0.3, -0.25) is 9.69 Å². The molecule has 2 heterocycles. The molecule has 1 N–H and O–H groups in total. The lowest BCUT2D eigenvalue weighted by atomic mass is 10.2. The van der Waals surface area contributed by atoms with Crippen LogP contribution >= 0.6 is 12.2 Å². The molecule has 28 heavy (non-hydrogen) atoms. The zero-order valence-corrected chi connectivity index (χ0v) is 16.3. The standard InChI is InChI=1S/C17H21FN4O5S/c1-25-10-21-9-20(8-15(21)23)14-4-3-11(5-13(14)18)22-7-12(27-17(22)24)6-19-16(28)26-2/h3-5,12H,6-10H2,1-2H3,(H,19,28)/t12-/m0/s1. The number of nitrogens with zero attached hydrogens (tertiary/aromatic N) is 3. The molecule has 3 rings (SSSR count). The predicted octanol–water partition coefficient (Wildman–Crippen LogP) is 0.882. The summed E-state index contributed by atoms with van der Waals surface area (Å²) < 4.78 is 29.8. The third-order valence-corrected chi connectivity index (χ3v) is 4.73. The number of carbonyl (C=O) groups excluding carboxylic acids is 2. The molecule has 11 heteroatoms. The van der Waals surface area contributed by atoms with Gasteiger partial charge in [0.2, 0.25) is 5.91 Å². The average Bonchev–Trinajstić information content (AvgIpc) is 3.22. The lowest BCUT2D eigenvalue weighted by molar-refractivity contribution is -0.130. The second kappa shape index (κ2) is 8.57. The Hall–Kier alpha value is -2.66. The molecule has 0 unspecified atom stereocenters. The lowest BCUT2D eigenvalue weighted by Crippen LogP contribution is -2.34. The molecule has 2 fully saturated rings. The molecular weight excluding hydrogens is 391 g/mol. The topological polar surface area (TPSA) is 83.6 Å². The summed E-state index contributed by atoms with van der Waals surface area (Å²) in [5, 5.41) is 3.02. The molecule has 0 bridgehead atoms. The van der Waals surface area contributed by atoms with Crippen LogP contribution in [0.4, 0.5) is 20.6 Å². The summed E-state index contributed by atoms with van der Waals surface area (Å²) in [6.07, 6.45) is -1.01. The zero-order chi connectivity index (χ0) is 20.3. The van der Waals surface area contributed by atoms with Gasteiger partial charge in [0.05, 0.1) is 44.8 Å². The van der Waals surface area contributed by atoms with Gasteiger partial charge in [0.1, 0.15) is 18.7 Å². The molecule has 2 saturated heterocycles. The zero-order valence-electron chi connectivity index (χ0n) is 15.5. The van der Waals surface area contributed by atoms with Gasteiger partial charge in [0.15, 0.2) is 0 Å². The van der Waals surface area contributed by atoms with E-state index in [4.69, 9.17) is 26.4 Å². The second-order valence-corrected chi connectivity index (χ2v) is 6.69. The minimum atomic E-state index is -0.565. The first-order valence-electron chi connectivity index (χ1n) is 8.54. The number of rotatable bonds is 6. The van der Waals surface area contributed by atoms with E-state index in [9.17, 15) is 14.0 Å². The first kappa shape index (κ1) is 20.1. The van der Waals surface area contributed by atoms with Gasteiger partial charge < -0.3 is 29.3 Å². The Labute approximate surface area is 166 Å². The predicted molar refractivity (Wildman–Crippen MR) is 103 cm³/mol. The van der Waals surface area contributed by atoms with Crippen LogP contribution in [0.2, 0.25) is 0 Å². The molecule has 1 atom stereocenters. The van der Waals surface area contributed by atoms with Crippen molar-refractivity contribution < 1.29 is 28.2 Å². The van der Waals surface area contributed by atoms with Gasteiger partial charge in [-0.05, 0) is 30.4 Å². The van der Waals surface area contributed by atoms with E-state index in [-0.39, 0.29) is 43.3 Å². The fourth-order valence-corrected chi connectivity index (χ4v) is 3.14. The number of thiocarbonyl (C=S) groups is 1. The Morgan fingerprint density at radius 1 is 1.39 bits per heavy atom. The molecule has 0 aromatic heterocycles. The van der Waals surface area contributed by atoms with Gasteiger partial charge in [-0.2, -0.15) is 0 Å². The maximum absolute atomic E-state index is 14.7. The number of ether oxygens (including phenoxy) is 3. The van der Waals surface area contributed by atoms with Crippen LogP contribution in [0.15, 0.2) is 18.2 Å². The van der Waals surface area contributed by atoms with E-state index in [0.717, 1.165) is 0 Å². The largest absolute Gasteiger partial charge is 0.474 e. The van der Waals surface area contributed by atoms with E-state index in [1.807, 2.05) is 0 Å². The molecule has 2 aliphatic rings. The van der Waals surface area contributed by atoms with E-state index in [0.29, 0.717) is 12.2 Å². The van der Waals surface area contributed by atoms with Crippen molar-refractivity contribution in [3.8, 4) is 0 Å². The third-order valence-electron chi connectivity index (χ3n) is 4.42. The van der Waals surface area contributed by atoms with Crippen LogP contribution in [0, 0.1) is 5.82 Å². The number of nitrogens with one attached hydrogen (secondary N) is 1. The van der Waals surface area contributed by atoms with Crippen LogP contribution < -0.4 is 15.1 Å². The molecule has 0 radical (unpaired) electrons. The number of amides is 2. The lowest BCUT2D eigenvalue weighted by Gasteiger charge is -2.21. The van der Waals surface area contributed by atoms with Crippen LogP contribution in [0.3, 0.4) is 0 Å². The summed E-state index contributed by atoms with van der Waals surface area (Å²) in [5.41, 5.74) is 0.661.